The van der Waals surface area contributed by atoms with Gasteiger partial charge in [0.05, 0.1) is 17.9 Å². The number of hydrogen-bond donors (Lipinski definition) is 0. The molecule has 190 valence electrons. The highest BCUT2D eigenvalue weighted by Crippen LogP contribution is 2.65. The molecular weight excluding hydrogens is 494 g/mol. The molecule has 1 aliphatic rings. The largest absolute Gasteiger partial charge is 1.00 e. The Labute approximate surface area is 222 Å². The molecule has 3 aromatic rings. The molecule has 1 unspecified atom stereocenters. The summed E-state index contributed by atoms with van der Waals surface area (Å²) in [6.45, 7) is 19.2. The number of aryl methyl sites for hydroxylation is 1. The molecule has 7 heteroatoms. The van der Waals surface area contributed by atoms with Crippen LogP contribution in [0.2, 0.25) is 5.02 Å². The minimum Gasteiger partial charge on any atom is -1.00 e. The van der Waals surface area contributed by atoms with E-state index in [9.17, 15) is 0 Å². The number of aromatic nitrogens is 1. The molecule has 4 nitrogen and oxygen atoms in total. The lowest BCUT2D eigenvalue weighted by atomic mass is 10.2. The van der Waals surface area contributed by atoms with Gasteiger partial charge in [0.15, 0.2) is 0 Å². The van der Waals surface area contributed by atoms with Crippen molar-refractivity contribution in [2.45, 2.75) is 46.7 Å². The smallest absolute Gasteiger partial charge is 0.0819 e. The fourth-order valence-electron chi connectivity index (χ4n) is 5.28. The Morgan fingerprint density at radius 3 is 2.09 bits per heavy atom. The van der Waals surface area contributed by atoms with Crippen LogP contribution in [0, 0.1) is 13.8 Å². The Balaban J connectivity index is 0.00000342. The van der Waals surface area contributed by atoms with Crippen molar-refractivity contribution < 1.29 is 12.4 Å². The van der Waals surface area contributed by atoms with Gasteiger partial charge in [-0.2, -0.15) is 0 Å². The van der Waals surface area contributed by atoms with Crippen LogP contribution >= 0.6 is 18.8 Å². The number of benzene rings is 2. The Bertz CT molecular complexity index is 1190. The maximum Gasteiger partial charge on any atom is 0.0819 e. The number of para-hydroxylation sites is 1. The first-order valence-electron chi connectivity index (χ1n) is 12.3. The number of nitrogens with zero attached hydrogens (tertiary/aromatic N) is 4. The monoisotopic (exact) mass is 531 g/mol. The minimum atomic E-state index is -2.24. The molecule has 0 bridgehead atoms. The average molecular weight is 533 g/mol. The molecule has 35 heavy (non-hydrogen) atoms. The summed E-state index contributed by atoms with van der Waals surface area (Å²) < 4.78 is 10.8. The van der Waals surface area contributed by atoms with Crippen molar-refractivity contribution in [1.29, 1.82) is 0 Å². The zero-order valence-electron chi connectivity index (χ0n) is 21.8. The molecule has 1 saturated heterocycles. The van der Waals surface area contributed by atoms with Gasteiger partial charge in [-0.05, 0) is 50.2 Å². The summed E-state index contributed by atoms with van der Waals surface area (Å²) in [5.74, 6) is 0. The molecule has 1 atom stereocenters. The molecule has 0 spiro atoms. The van der Waals surface area contributed by atoms with E-state index in [1.807, 2.05) is 18.2 Å². The van der Waals surface area contributed by atoms with E-state index in [2.05, 4.69) is 98.3 Å². The third kappa shape index (κ3) is 5.29. The van der Waals surface area contributed by atoms with Gasteiger partial charge >= 0.3 is 0 Å². The zero-order valence-corrected chi connectivity index (χ0v) is 24.2. The van der Waals surface area contributed by atoms with Gasteiger partial charge in [-0.1, -0.05) is 69.6 Å². The van der Waals surface area contributed by atoms with Crippen molar-refractivity contribution in [3.63, 3.8) is 0 Å². The summed E-state index contributed by atoms with van der Waals surface area (Å²) >= 11 is 6.73. The van der Waals surface area contributed by atoms with E-state index in [1.165, 1.54) is 22.2 Å². The Morgan fingerprint density at radius 2 is 1.51 bits per heavy atom. The van der Waals surface area contributed by atoms with Gasteiger partial charge in [0, 0.05) is 54.2 Å². The summed E-state index contributed by atoms with van der Waals surface area (Å²) in [4.78, 5) is 2.54. The molecule has 0 aliphatic carbocycles. The molecular formula is C28H38Cl2N4P-. The molecule has 2 heterocycles. The Kier molecular flexibility index (Phi) is 9.00. The number of hydrogen-bond acceptors (Lipinski definition) is 2. The second kappa shape index (κ2) is 11.2. The fraction of sp³-hybridized carbons (Fsp3) is 0.429. The molecule has 4 rings (SSSR count). The predicted octanol–water partition coefficient (Wildman–Crippen LogP) is 4.26. The van der Waals surface area contributed by atoms with Gasteiger partial charge in [-0.3, -0.25) is 4.67 Å². The average Bonchev–Trinajstić information content (AvgIpc) is 3.12. The second-order valence-corrected chi connectivity index (χ2v) is 14.3. The second-order valence-electron chi connectivity index (χ2n) is 10.2. The van der Waals surface area contributed by atoms with Crippen LogP contribution in [0.25, 0.3) is 5.69 Å². The molecule has 1 aromatic heterocycles. The van der Waals surface area contributed by atoms with Crippen LogP contribution in [0.3, 0.4) is 0 Å². The number of halogens is 2. The van der Waals surface area contributed by atoms with Crippen molar-refractivity contribution in [3.8, 4) is 5.69 Å². The standard InChI is InChI=1S/C28H38ClN4P.ClH/c1-7-31-17-19-32(20-18-31)34(28(4,5)6,30-26-16-12-11-15-25(26)29)27-22(2)21-33(23(27)3)24-13-9-8-10-14-24;/h8-16,21H,7,17-20H2,1-6H3;1H/p-1. The van der Waals surface area contributed by atoms with Gasteiger partial charge in [0.2, 0.25) is 0 Å². The normalized spacial score (nSPS) is 17.0. The Morgan fingerprint density at radius 1 is 0.914 bits per heavy atom. The SMILES string of the molecule is CCN1CCN(P(=Nc2ccccc2Cl)(c2c(C)cn(-c3ccccc3)c2C)C(C)(C)C)CC1.[Cl-]. The van der Waals surface area contributed by atoms with Gasteiger partial charge in [0.25, 0.3) is 0 Å². The Hall–Kier alpha value is -1.55. The maximum absolute atomic E-state index is 6.73. The molecule has 0 saturated carbocycles. The van der Waals surface area contributed by atoms with Crippen molar-refractivity contribution in [2.75, 3.05) is 32.7 Å². The predicted molar refractivity (Wildman–Crippen MR) is 149 cm³/mol. The first-order chi connectivity index (χ1) is 16.2. The van der Waals surface area contributed by atoms with E-state index in [4.69, 9.17) is 16.3 Å². The van der Waals surface area contributed by atoms with Gasteiger partial charge in [-0.25, -0.2) is 4.74 Å². The molecule has 0 amide bonds. The summed E-state index contributed by atoms with van der Waals surface area (Å²) in [6, 6.07) is 18.7. The van der Waals surface area contributed by atoms with Gasteiger partial charge in [-0.15, -0.1) is 0 Å². The molecule has 1 fully saturated rings. The van der Waals surface area contributed by atoms with E-state index in [-0.39, 0.29) is 17.6 Å². The van der Waals surface area contributed by atoms with Gasteiger partial charge in [0.1, 0.15) is 0 Å². The highest BCUT2D eigenvalue weighted by atomic mass is 35.5. The van der Waals surface area contributed by atoms with Crippen molar-refractivity contribution in [2.24, 2.45) is 4.74 Å². The maximum atomic E-state index is 6.73. The summed E-state index contributed by atoms with van der Waals surface area (Å²) in [7, 11) is -2.24. The highest BCUT2D eigenvalue weighted by Gasteiger charge is 2.45. The quantitative estimate of drug-likeness (QED) is 0.459. The molecule has 0 radical (unpaired) electrons. The third-order valence-electron chi connectivity index (χ3n) is 6.99. The number of piperazine rings is 1. The van der Waals surface area contributed by atoms with Crippen LogP contribution in [0.5, 0.6) is 0 Å². The molecule has 2 aromatic carbocycles. The van der Waals surface area contributed by atoms with E-state index < -0.39 is 7.21 Å². The molecule has 1 aliphatic heterocycles. The van der Waals surface area contributed by atoms with Crippen molar-refractivity contribution >= 4 is 29.8 Å². The highest BCUT2D eigenvalue weighted by molar-refractivity contribution is 7.73. The van der Waals surface area contributed by atoms with E-state index in [1.54, 1.807) is 0 Å². The third-order valence-corrected chi connectivity index (χ3v) is 12.2. The van der Waals surface area contributed by atoms with Crippen LogP contribution in [0.1, 0.15) is 39.0 Å². The van der Waals surface area contributed by atoms with Crippen molar-refractivity contribution in [1.82, 2.24) is 14.1 Å². The lowest BCUT2D eigenvalue weighted by Crippen LogP contribution is -3.00. The lowest BCUT2D eigenvalue weighted by Gasteiger charge is -2.49. The fourth-order valence-corrected chi connectivity index (χ4v) is 10.2. The van der Waals surface area contributed by atoms with E-state index in [0.717, 1.165) is 43.4 Å². The zero-order chi connectivity index (χ0) is 24.5. The molecule has 0 N–H and O–H groups in total. The van der Waals surface area contributed by atoms with Gasteiger partial charge < -0.3 is 21.9 Å². The van der Waals surface area contributed by atoms with Crippen LogP contribution in [-0.2, 0) is 0 Å². The summed E-state index contributed by atoms with van der Waals surface area (Å²) in [6.07, 6.45) is 2.30. The number of rotatable bonds is 5. The first kappa shape index (κ1) is 28.0. The number of likely N-dealkylation sites (N-methyl/N-ethyl adjacent to an activating group) is 1. The first-order valence-corrected chi connectivity index (χ1v) is 14.4. The topological polar surface area (TPSA) is 23.8 Å². The summed E-state index contributed by atoms with van der Waals surface area (Å²) in [5.41, 5.74) is 4.67. The van der Waals surface area contributed by atoms with Crippen LogP contribution in [0.15, 0.2) is 65.5 Å². The van der Waals surface area contributed by atoms with E-state index >= 15 is 0 Å². The van der Waals surface area contributed by atoms with Crippen LogP contribution in [0.4, 0.5) is 5.69 Å². The van der Waals surface area contributed by atoms with Crippen LogP contribution < -0.4 is 17.7 Å². The lowest BCUT2D eigenvalue weighted by molar-refractivity contribution is -0.00000740. The summed E-state index contributed by atoms with van der Waals surface area (Å²) in [5, 5.41) is 2.05. The van der Waals surface area contributed by atoms with E-state index in [0.29, 0.717) is 0 Å². The van der Waals surface area contributed by atoms with Crippen molar-refractivity contribution in [3.05, 3.63) is 77.1 Å². The minimum absolute atomic E-state index is 0. The van der Waals surface area contributed by atoms with Crippen LogP contribution in [-0.4, -0.2) is 52.0 Å².